The normalized spacial score (nSPS) is 22.5. The van der Waals surface area contributed by atoms with Crippen molar-refractivity contribution < 1.29 is 8.42 Å². The number of hydrogen-bond acceptors (Lipinski definition) is 3. The molecule has 0 bridgehead atoms. The lowest BCUT2D eigenvalue weighted by Gasteiger charge is -2.18. The molecule has 0 aliphatic carbocycles. The molecule has 1 heterocycles. The highest BCUT2D eigenvalue weighted by Gasteiger charge is 2.18. The zero-order valence-corrected chi connectivity index (χ0v) is 10.7. The van der Waals surface area contributed by atoms with Crippen molar-refractivity contribution >= 4 is 21.4 Å². The Hall–Kier alpha value is 0.200. The number of hydrogen-bond donors (Lipinski definition) is 0. The van der Waals surface area contributed by atoms with Crippen LogP contribution < -0.4 is 0 Å². The van der Waals surface area contributed by atoms with E-state index in [-0.39, 0.29) is 0 Å². The standard InChI is InChI=1S/C10H20ClNO2S/c11-5-2-1-3-6-12-7-4-9-15(13,14)10-8-12/h1-10H2. The molecule has 15 heavy (non-hydrogen) atoms. The Morgan fingerprint density at radius 2 is 1.87 bits per heavy atom. The third-order valence-corrected chi connectivity index (χ3v) is 4.74. The molecule has 0 unspecified atom stereocenters. The minimum atomic E-state index is -2.75. The van der Waals surface area contributed by atoms with Gasteiger partial charge in [0, 0.05) is 12.4 Å². The fraction of sp³-hybridized carbons (Fsp3) is 1.00. The fourth-order valence-electron chi connectivity index (χ4n) is 1.82. The Kier molecular flexibility index (Phi) is 5.94. The van der Waals surface area contributed by atoms with E-state index in [4.69, 9.17) is 11.6 Å². The van der Waals surface area contributed by atoms with E-state index in [1.54, 1.807) is 0 Å². The van der Waals surface area contributed by atoms with E-state index >= 15 is 0 Å². The first kappa shape index (κ1) is 13.3. The minimum absolute atomic E-state index is 0.336. The van der Waals surface area contributed by atoms with E-state index < -0.39 is 9.84 Å². The predicted molar refractivity (Wildman–Crippen MR) is 64.3 cm³/mol. The largest absolute Gasteiger partial charge is 0.302 e. The van der Waals surface area contributed by atoms with Crippen LogP contribution in [0.5, 0.6) is 0 Å². The van der Waals surface area contributed by atoms with Crippen molar-refractivity contribution in [2.45, 2.75) is 25.7 Å². The van der Waals surface area contributed by atoms with Crippen LogP contribution in [-0.2, 0) is 9.84 Å². The highest BCUT2D eigenvalue weighted by Crippen LogP contribution is 2.07. The van der Waals surface area contributed by atoms with Gasteiger partial charge >= 0.3 is 0 Å². The summed E-state index contributed by atoms with van der Waals surface area (Å²) in [5, 5.41) is 0. The van der Waals surface area contributed by atoms with Crippen LogP contribution >= 0.6 is 11.6 Å². The molecule has 3 nitrogen and oxygen atoms in total. The van der Waals surface area contributed by atoms with Gasteiger partial charge in [0.15, 0.2) is 9.84 Å². The van der Waals surface area contributed by atoms with Crippen LogP contribution in [0, 0.1) is 0 Å². The molecular weight excluding hydrogens is 234 g/mol. The summed E-state index contributed by atoms with van der Waals surface area (Å²) in [6.45, 7) is 2.66. The summed E-state index contributed by atoms with van der Waals surface area (Å²) in [4.78, 5) is 2.26. The summed E-state index contributed by atoms with van der Waals surface area (Å²) in [7, 11) is -2.75. The second kappa shape index (κ2) is 6.71. The predicted octanol–water partition coefficient (Wildman–Crippen LogP) is 1.52. The van der Waals surface area contributed by atoms with Gasteiger partial charge in [0.1, 0.15) is 0 Å². The van der Waals surface area contributed by atoms with Gasteiger partial charge < -0.3 is 4.90 Å². The number of alkyl halides is 1. The van der Waals surface area contributed by atoms with Crippen LogP contribution in [0.3, 0.4) is 0 Å². The molecule has 1 aliphatic rings. The summed E-state index contributed by atoms with van der Waals surface area (Å²) in [6.07, 6.45) is 4.13. The maximum Gasteiger partial charge on any atom is 0.151 e. The van der Waals surface area contributed by atoms with Crippen molar-refractivity contribution in [3.05, 3.63) is 0 Å². The topological polar surface area (TPSA) is 37.4 Å². The fourth-order valence-corrected chi connectivity index (χ4v) is 3.32. The summed E-state index contributed by atoms with van der Waals surface area (Å²) in [6, 6.07) is 0. The Bertz CT molecular complexity index is 267. The van der Waals surface area contributed by atoms with E-state index in [9.17, 15) is 8.42 Å². The van der Waals surface area contributed by atoms with E-state index in [1.165, 1.54) is 0 Å². The Balaban J connectivity index is 2.20. The van der Waals surface area contributed by atoms with Gasteiger partial charge in [-0.05, 0) is 32.4 Å². The minimum Gasteiger partial charge on any atom is -0.302 e. The van der Waals surface area contributed by atoms with Gasteiger partial charge in [0.25, 0.3) is 0 Å². The molecule has 1 aliphatic heterocycles. The van der Waals surface area contributed by atoms with Gasteiger partial charge in [-0.1, -0.05) is 6.42 Å². The Labute approximate surface area is 97.7 Å². The van der Waals surface area contributed by atoms with Crippen molar-refractivity contribution in [2.75, 3.05) is 37.0 Å². The molecule has 0 radical (unpaired) electrons. The molecule has 0 aromatic rings. The van der Waals surface area contributed by atoms with Gasteiger partial charge in [-0.15, -0.1) is 11.6 Å². The van der Waals surface area contributed by atoms with Crippen LogP contribution in [0.4, 0.5) is 0 Å². The molecule has 0 N–H and O–H groups in total. The third-order valence-electron chi connectivity index (χ3n) is 2.76. The van der Waals surface area contributed by atoms with Crippen LogP contribution in [0.2, 0.25) is 0 Å². The first-order valence-corrected chi connectivity index (χ1v) is 7.98. The van der Waals surface area contributed by atoms with Gasteiger partial charge in [-0.25, -0.2) is 8.42 Å². The zero-order valence-electron chi connectivity index (χ0n) is 9.12. The van der Waals surface area contributed by atoms with Crippen LogP contribution in [0.15, 0.2) is 0 Å². The van der Waals surface area contributed by atoms with Crippen molar-refractivity contribution in [1.29, 1.82) is 0 Å². The summed E-state index contributed by atoms with van der Waals surface area (Å²) in [5.74, 6) is 1.43. The van der Waals surface area contributed by atoms with Crippen LogP contribution in [0.25, 0.3) is 0 Å². The SMILES string of the molecule is O=S1(=O)CCCN(CCCCCCl)CC1. The first-order chi connectivity index (χ1) is 7.14. The zero-order chi connectivity index (χ0) is 11.1. The molecular formula is C10H20ClNO2S. The van der Waals surface area contributed by atoms with Gasteiger partial charge in [0.05, 0.1) is 11.5 Å². The van der Waals surface area contributed by atoms with Crippen molar-refractivity contribution in [1.82, 2.24) is 4.90 Å². The second-order valence-corrected chi connectivity index (χ2v) is 6.78. The molecule has 90 valence electrons. The molecule has 0 aromatic carbocycles. The molecule has 1 saturated heterocycles. The third kappa shape index (κ3) is 5.73. The van der Waals surface area contributed by atoms with Crippen LogP contribution in [0.1, 0.15) is 25.7 Å². The summed E-state index contributed by atoms with van der Waals surface area (Å²) < 4.78 is 22.7. The van der Waals surface area contributed by atoms with E-state index in [2.05, 4.69) is 4.90 Å². The molecule has 0 spiro atoms. The average molecular weight is 254 g/mol. The molecule has 5 heteroatoms. The monoisotopic (exact) mass is 253 g/mol. The number of rotatable bonds is 5. The highest BCUT2D eigenvalue weighted by molar-refractivity contribution is 7.91. The summed E-state index contributed by atoms with van der Waals surface area (Å²) in [5.41, 5.74) is 0. The summed E-state index contributed by atoms with van der Waals surface area (Å²) >= 11 is 5.59. The number of sulfone groups is 1. The maximum absolute atomic E-state index is 11.3. The van der Waals surface area contributed by atoms with Gasteiger partial charge in [-0.3, -0.25) is 0 Å². The Morgan fingerprint density at radius 3 is 2.60 bits per heavy atom. The molecule has 0 atom stereocenters. The quantitative estimate of drug-likeness (QED) is 0.551. The van der Waals surface area contributed by atoms with Crippen molar-refractivity contribution in [3.8, 4) is 0 Å². The Morgan fingerprint density at radius 1 is 1.07 bits per heavy atom. The van der Waals surface area contributed by atoms with Gasteiger partial charge in [-0.2, -0.15) is 0 Å². The lowest BCUT2D eigenvalue weighted by molar-refractivity contribution is 0.288. The highest BCUT2D eigenvalue weighted by atomic mass is 35.5. The first-order valence-electron chi connectivity index (χ1n) is 5.63. The van der Waals surface area contributed by atoms with Crippen molar-refractivity contribution in [3.63, 3.8) is 0 Å². The number of nitrogens with zero attached hydrogens (tertiary/aromatic N) is 1. The van der Waals surface area contributed by atoms with E-state index in [0.717, 1.165) is 44.7 Å². The van der Waals surface area contributed by atoms with Crippen molar-refractivity contribution in [2.24, 2.45) is 0 Å². The number of unbranched alkanes of at least 4 members (excludes halogenated alkanes) is 2. The van der Waals surface area contributed by atoms with Crippen LogP contribution in [-0.4, -0.2) is 50.3 Å². The average Bonchev–Trinajstić information content (AvgIpc) is 2.35. The molecule has 1 fully saturated rings. The van der Waals surface area contributed by atoms with Gasteiger partial charge in [0.2, 0.25) is 0 Å². The lowest BCUT2D eigenvalue weighted by Crippen LogP contribution is -2.28. The molecule has 0 saturated carbocycles. The molecule has 0 amide bonds. The van der Waals surface area contributed by atoms with E-state index in [1.807, 2.05) is 0 Å². The van der Waals surface area contributed by atoms with E-state index in [0.29, 0.717) is 18.1 Å². The number of halogens is 1. The smallest absolute Gasteiger partial charge is 0.151 e. The molecule has 0 aromatic heterocycles. The lowest BCUT2D eigenvalue weighted by atomic mass is 10.2. The maximum atomic E-state index is 11.3. The second-order valence-electron chi connectivity index (χ2n) is 4.10. The molecule has 1 rings (SSSR count).